The maximum absolute atomic E-state index is 11.8. The second-order valence-electron chi connectivity index (χ2n) is 2.83. The van der Waals surface area contributed by atoms with Crippen molar-refractivity contribution in [3.8, 4) is 0 Å². The molecule has 0 radical (unpaired) electrons. The van der Waals surface area contributed by atoms with Crippen LogP contribution in [0.1, 0.15) is 12.8 Å². The van der Waals surface area contributed by atoms with Crippen molar-refractivity contribution in [2.24, 2.45) is 0 Å². The van der Waals surface area contributed by atoms with E-state index in [0.29, 0.717) is 0 Å². The van der Waals surface area contributed by atoms with Gasteiger partial charge in [0.2, 0.25) is 0 Å². The first-order chi connectivity index (χ1) is 6.72. The van der Waals surface area contributed by atoms with Crippen molar-refractivity contribution < 1.29 is 35.3 Å². The van der Waals surface area contributed by atoms with Crippen molar-refractivity contribution in [2.45, 2.75) is 24.5 Å². The molecular weight excluding hydrogens is 241 g/mol. The lowest BCUT2D eigenvalue weighted by Crippen LogP contribution is -2.29. The number of ether oxygens (including phenoxy) is 1. The minimum absolute atomic E-state index is 0.0556. The first-order valence-electron chi connectivity index (χ1n) is 3.87. The number of carbonyl (C=O) groups is 1. The summed E-state index contributed by atoms with van der Waals surface area (Å²) in [6.45, 7) is -0.798. The summed E-state index contributed by atoms with van der Waals surface area (Å²) in [4.78, 5) is 10.5. The Morgan fingerprint density at radius 3 is 2.47 bits per heavy atom. The van der Waals surface area contributed by atoms with Gasteiger partial charge in [-0.2, -0.15) is 21.6 Å². The van der Waals surface area contributed by atoms with Crippen LogP contribution in [-0.2, 0) is 23.8 Å². The van der Waals surface area contributed by atoms with Crippen LogP contribution in [0.3, 0.4) is 0 Å². The zero-order valence-electron chi connectivity index (χ0n) is 7.28. The average Bonchev–Trinajstić information content (AvgIpc) is 2.46. The summed E-state index contributed by atoms with van der Waals surface area (Å²) in [5, 5.41) is 0. The number of hydrogen-bond donors (Lipinski definition) is 0. The number of esters is 1. The number of carbonyl (C=O) groups excluding carboxylic acids is 1. The third kappa shape index (κ3) is 3.06. The zero-order chi connectivity index (χ0) is 11.7. The number of alkyl halides is 3. The molecule has 88 valence electrons. The van der Waals surface area contributed by atoms with E-state index in [0.717, 1.165) is 0 Å². The van der Waals surface area contributed by atoms with Crippen LogP contribution in [0, 0.1) is 0 Å². The Morgan fingerprint density at radius 2 is 2.07 bits per heavy atom. The molecule has 0 saturated carbocycles. The van der Waals surface area contributed by atoms with Gasteiger partial charge in [-0.3, -0.25) is 8.98 Å². The smallest absolute Gasteiger partial charge is 0.460 e. The molecule has 0 aromatic heterocycles. The summed E-state index contributed by atoms with van der Waals surface area (Å²) in [5.41, 5.74) is -5.45. The van der Waals surface area contributed by atoms with Crippen molar-refractivity contribution in [1.29, 1.82) is 0 Å². The number of hydrogen-bond acceptors (Lipinski definition) is 5. The Kier molecular flexibility index (Phi) is 3.24. The summed E-state index contributed by atoms with van der Waals surface area (Å²) in [7, 11) is -5.59. The van der Waals surface area contributed by atoms with Crippen molar-refractivity contribution in [1.82, 2.24) is 0 Å². The molecule has 1 heterocycles. The quantitative estimate of drug-likeness (QED) is 0.414. The van der Waals surface area contributed by atoms with Crippen LogP contribution in [0.4, 0.5) is 13.2 Å². The highest BCUT2D eigenvalue weighted by atomic mass is 32.2. The second-order valence-corrected chi connectivity index (χ2v) is 4.44. The van der Waals surface area contributed by atoms with E-state index in [1.165, 1.54) is 0 Å². The first-order valence-corrected chi connectivity index (χ1v) is 5.28. The van der Waals surface area contributed by atoms with Crippen LogP contribution in [-0.4, -0.2) is 32.6 Å². The molecule has 0 N–H and O–H groups in total. The zero-order valence-corrected chi connectivity index (χ0v) is 8.10. The maximum Gasteiger partial charge on any atom is 0.523 e. The number of cyclic esters (lactones) is 1. The van der Waals surface area contributed by atoms with Gasteiger partial charge < -0.3 is 4.74 Å². The molecule has 9 heteroatoms. The van der Waals surface area contributed by atoms with Crippen LogP contribution in [0.25, 0.3) is 0 Å². The highest BCUT2D eigenvalue weighted by molar-refractivity contribution is 7.87. The molecule has 0 spiro atoms. The molecule has 0 bridgehead atoms. The van der Waals surface area contributed by atoms with E-state index < -0.39 is 34.3 Å². The van der Waals surface area contributed by atoms with Gasteiger partial charge in [0.05, 0.1) is 0 Å². The van der Waals surface area contributed by atoms with Gasteiger partial charge in [0.1, 0.15) is 12.7 Å². The van der Waals surface area contributed by atoms with Gasteiger partial charge in [0, 0.05) is 6.42 Å². The Labute approximate surface area is 83.3 Å². The molecule has 0 aliphatic carbocycles. The Balaban J connectivity index is 2.47. The summed E-state index contributed by atoms with van der Waals surface area (Å²) in [5.74, 6) is -0.576. The van der Waals surface area contributed by atoms with Crippen molar-refractivity contribution in [3.63, 3.8) is 0 Å². The van der Waals surface area contributed by atoms with Gasteiger partial charge in [0.15, 0.2) is 0 Å². The standard InChI is InChI=1S/C6H7F3O5S/c7-6(8,9)15(11,12)13-3-4-1-2-5(10)14-4/h4H,1-3H2/t4-/m1/s1. The molecule has 0 amide bonds. The summed E-state index contributed by atoms with van der Waals surface area (Å²) in [6.07, 6.45) is -0.707. The molecule has 15 heavy (non-hydrogen) atoms. The molecule has 5 nitrogen and oxygen atoms in total. The van der Waals surface area contributed by atoms with Crippen LogP contribution in [0.15, 0.2) is 0 Å². The lowest BCUT2D eigenvalue weighted by molar-refractivity contribution is -0.142. The monoisotopic (exact) mass is 248 g/mol. The summed E-state index contributed by atoms with van der Waals surface area (Å²) >= 11 is 0. The molecule has 0 aromatic rings. The Morgan fingerprint density at radius 1 is 1.47 bits per heavy atom. The van der Waals surface area contributed by atoms with Gasteiger partial charge in [0.25, 0.3) is 0 Å². The molecule has 0 aromatic carbocycles. The van der Waals surface area contributed by atoms with Gasteiger partial charge in [-0.05, 0) is 6.42 Å². The molecule has 1 fully saturated rings. The lowest BCUT2D eigenvalue weighted by Gasteiger charge is -2.11. The van der Waals surface area contributed by atoms with E-state index in [1.807, 2.05) is 0 Å². The summed E-state index contributed by atoms with van der Waals surface area (Å²) < 4.78 is 64.3. The van der Waals surface area contributed by atoms with Crippen molar-refractivity contribution >= 4 is 16.1 Å². The Bertz CT molecular complexity index is 346. The fourth-order valence-corrected chi connectivity index (χ4v) is 1.40. The van der Waals surface area contributed by atoms with Crippen LogP contribution < -0.4 is 0 Å². The van der Waals surface area contributed by atoms with Crippen LogP contribution in [0.5, 0.6) is 0 Å². The van der Waals surface area contributed by atoms with E-state index in [4.69, 9.17) is 0 Å². The summed E-state index contributed by atoms with van der Waals surface area (Å²) in [6, 6.07) is 0. The second kappa shape index (κ2) is 3.97. The topological polar surface area (TPSA) is 69.7 Å². The lowest BCUT2D eigenvalue weighted by atomic mass is 10.2. The fourth-order valence-electron chi connectivity index (χ4n) is 0.932. The van der Waals surface area contributed by atoms with E-state index in [2.05, 4.69) is 8.92 Å². The third-order valence-corrected chi connectivity index (χ3v) is 2.67. The van der Waals surface area contributed by atoms with E-state index in [-0.39, 0.29) is 12.8 Å². The fraction of sp³-hybridized carbons (Fsp3) is 0.833. The minimum atomic E-state index is -5.59. The van der Waals surface area contributed by atoms with Gasteiger partial charge in [-0.15, -0.1) is 0 Å². The van der Waals surface area contributed by atoms with Crippen LogP contribution in [0.2, 0.25) is 0 Å². The number of halogens is 3. The van der Waals surface area contributed by atoms with Crippen molar-refractivity contribution in [3.05, 3.63) is 0 Å². The predicted octanol–water partition coefficient (Wildman–Crippen LogP) is 0.558. The maximum atomic E-state index is 11.8. The first kappa shape index (κ1) is 12.2. The molecule has 1 aliphatic rings. The highest BCUT2D eigenvalue weighted by Crippen LogP contribution is 2.25. The minimum Gasteiger partial charge on any atom is -0.460 e. The molecule has 1 atom stereocenters. The van der Waals surface area contributed by atoms with E-state index in [9.17, 15) is 26.4 Å². The average molecular weight is 248 g/mol. The van der Waals surface area contributed by atoms with Gasteiger partial charge in [-0.25, -0.2) is 0 Å². The van der Waals surface area contributed by atoms with Gasteiger partial charge in [-0.1, -0.05) is 0 Å². The largest absolute Gasteiger partial charge is 0.523 e. The highest BCUT2D eigenvalue weighted by Gasteiger charge is 2.47. The Hall–Kier alpha value is -0.830. The third-order valence-electron chi connectivity index (χ3n) is 1.66. The van der Waals surface area contributed by atoms with Crippen LogP contribution >= 0.6 is 0 Å². The SMILES string of the molecule is O=C1CC[C@H](COS(=O)(=O)C(F)(F)F)O1. The van der Waals surface area contributed by atoms with Crippen molar-refractivity contribution in [2.75, 3.05) is 6.61 Å². The number of rotatable bonds is 3. The van der Waals surface area contributed by atoms with Gasteiger partial charge >= 0.3 is 21.6 Å². The molecule has 0 unspecified atom stereocenters. The van der Waals surface area contributed by atoms with E-state index in [1.54, 1.807) is 0 Å². The predicted molar refractivity (Wildman–Crippen MR) is 40.0 cm³/mol. The molecule has 1 rings (SSSR count). The molecule has 1 aliphatic heterocycles. The molecular formula is C6H7F3O5S. The normalized spacial score (nSPS) is 22.9. The molecule has 1 saturated heterocycles. The van der Waals surface area contributed by atoms with E-state index >= 15 is 0 Å².